The fraction of sp³-hybridized carbons (Fsp3) is 0.500. The van der Waals surface area contributed by atoms with Crippen molar-refractivity contribution in [3.05, 3.63) is 34.9 Å². The molecule has 2 heterocycles. The van der Waals surface area contributed by atoms with E-state index in [1.54, 1.807) is 6.20 Å². The van der Waals surface area contributed by atoms with E-state index >= 15 is 0 Å². The number of hydrogen-bond donors (Lipinski definition) is 3. The molecule has 27 heavy (non-hydrogen) atoms. The number of carbonyl (C=O) groups is 2. The fourth-order valence-electron chi connectivity index (χ4n) is 3.48. The van der Waals surface area contributed by atoms with Gasteiger partial charge in [-0.25, -0.2) is 4.98 Å². The average molecular weight is 369 g/mol. The molecule has 7 heteroatoms. The summed E-state index contributed by atoms with van der Waals surface area (Å²) in [6, 6.07) is 0. The molecule has 0 saturated carbocycles. The number of fused-ring (bicyclic) bond motifs is 1. The lowest BCUT2D eigenvalue weighted by Crippen LogP contribution is -2.45. The predicted molar refractivity (Wildman–Crippen MR) is 104 cm³/mol. The van der Waals surface area contributed by atoms with Crippen LogP contribution < -0.4 is 11.1 Å². The van der Waals surface area contributed by atoms with Gasteiger partial charge < -0.3 is 16.0 Å². The molecule has 0 bridgehead atoms. The summed E-state index contributed by atoms with van der Waals surface area (Å²) < 4.78 is 0. The molecule has 3 rings (SSSR count). The Bertz CT molecular complexity index is 906. The van der Waals surface area contributed by atoms with E-state index in [2.05, 4.69) is 34.1 Å². The van der Waals surface area contributed by atoms with Crippen molar-refractivity contribution in [3.8, 4) is 11.4 Å². The number of aromatic amines is 1. The van der Waals surface area contributed by atoms with Crippen LogP contribution in [-0.4, -0.2) is 38.7 Å². The number of ketones is 1. The maximum atomic E-state index is 12.6. The number of H-pyrrole nitrogens is 1. The van der Waals surface area contributed by atoms with E-state index in [0.29, 0.717) is 18.7 Å². The topological polar surface area (TPSA) is 114 Å². The number of hydrogen-bond acceptors (Lipinski definition) is 5. The molecule has 144 valence electrons. The Kier molecular flexibility index (Phi) is 4.67. The Morgan fingerprint density at radius 1 is 1.33 bits per heavy atom. The van der Waals surface area contributed by atoms with E-state index in [0.717, 1.165) is 28.9 Å². The van der Waals surface area contributed by atoms with Gasteiger partial charge in [0.15, 0.2) is 5.78 Å². The van der Waals surface area contributed by atoms with Crippen LogP contribution in [0, 0.1) is 12.3 Å². The molecule has 0 aliphatic heterocycles. The van der Waals surface area contributed by atoms with E-state index in [1.165, 1.54) is 6.20 Å². The first-order valence-corrected chi connectivity index (χ1v) is 9.11. The van der Waals surface area contributed by atoms with Crippen LogP contribution in [0.1, 0.15) is 66.2 Å². The van der Waals surface area contributed by atoms with E-state index in [4.69, 9.17) is 5.73 Å². The number of carbonyl (C=O) groups excluding carboxylic acids is 2. The average Bonchev–Trinajstić information content (AvgIpc) is 2.87. The van der Waals surface area contributed by atoms with Gasteiger partial charge in [-0.15, -0.1) is 0 Å². The van der Waals surface area contributed by atoms with Gasteiger partial charge in [-0.3, -0.25) is 14.6 Å². The van der Waals surface area contributed by atoms with Crippen molar-refractivity contribution in [2.75, 3.05) is 6.54 Å². The van der Waals surface area contributed by atoms with Gasteiger partial charge in [-0.1, -0.05) is 13.8 Å². The number of nitrogens with two attached hydrogens (primary N) is 1. The second-order valence-corrected chi connectivity index (χ2v) is 8.88. The highest BCUT2D eigenvalue weighted by atomic mass is 16.2. The van der Waals surface area contributed by atoms with E-state index in [-0.39, 0.29) is 22.8 Å². The smallest absolute Gasteiger partial charge is 0.271 e. The Morgan fingerprint density at radius 3 is 2.70 bits per heavy atom. The van der Waals surface area contributed by atoms with Gasteiger partial charge in [0.05, 0.1) is 18.1 Å². The first-order valence-electron chi connectivity index (χ1n) is 9.11. The zero-order chi connectivity index (χ0) is 20.0. The van der Waals surface area contributed by atoms with E-state index in [9.17, 15) is 9.59 Å². The number of nitrogens with one attached hydrogen (secondary N) is 2. The summed E-state index contributed by atoms with van der Waals surface area (Å²) >= 11 is 0. The molecule has 2 aromatic heterocycles. The number of amides is 1. The highest BCUT2D eigenvalue weighted by molar-refractivity contribution is 6.01. The Labute approximate surface area is 159 Å². The van der Waals surface area contributed by atoms with Gasteiger partial charge >= 0.3 is 0 Å². The number of aromatic nitrogens is 3. The standard InChI is InChI=1S/C20H27N5O2/c1-11-16-12(6-19(2,3)7-15(16)26)25-17(11)13-8-22-9-14(24-13)18(27)23-10-20(4,5)21/h8-9,25H,6-7,10,21H2,1-5H3,(H,23,27). The zero-order valence-electron chi connectivity index (χ0n) is 16.6. The molecule has 0 unspecified atom stereocenters. The largest absolute Gasteiger partial charge is 0.356 e. The minimum absolute atomic E-state index is 0.0684. The second kappa shape index (κ2) is 6.56. The third-order valence-corrected chi connectivity index (χ3v) is 4.73. The quantitative estimate of drug-likeness (QED) is 0.766. The first-order chi connectivity index (χ1) is 12.5. The monoisotopic (exact) mass is 369 g/mol. The molecule has 0 atom stereocenters. The van der Waals surface area contributed by atoms with Gasteiger partial charge in [0.2, 0.25) is 0 Å². The third-order valence-electron chi connectivity index (χ3n) is 4.73. The third kappa shape index (κ3) is 4.08. The summed E-state index contributed by atoms with van der Waals surface area (Å²) in [5, 5.41) is 2.77. The molecule has 1 amide bonds. The minimum atomic E-state index is -0.511. The lowest BCUT2D eigenvalue weighted by atomic mass is 9.75. The molecule has 0 radical (unpaired) electrons. The van der Waals surface area contributed by atoms with E-state index in [1.807, 2.05) is 20.8 Å². The highest BCUT2D eigenvalue weighted by Gasteiger charge is 2.34. The Morgan fingerprint density at radius 2 is 2.04 bits per heavy atom. The molecule has 0 aromatic carbocycles. The fourth-order valence-corrected chi connectivity index (χ4v) is 3.48. The van der Waals surface area contributed by atoms with E-state index < -0.39 is 5.54 Å². The maximum Gasteiger partial charge on any atom is 0.271 e. The molecule has 1 aliphatic rings. The summed E-state index contributed by atoms with van der Waals surface area (Å²) in [7, 11) is 0. The van der Waals surface area contributed by atoms with Gasteiger partial charge in [0, 0.05) is 29.8 Å². The van der Waals surface area contributed by atoms with Crippen molar-refractivity contribution in [1.82, 2.24) is 20.3 Å². The molecule has 4 N–H and O–H groups in total. The van der Waals surface area contributed by atoms with Crippen molar-refractivity contribution in [2.45, 2.75) is 53.0 Å². The van der Waals surface area contributed by atoms with Crippen molar-refractivity contribution < 1.29 is 9.59 Å². The second-order valence-electron chi connectivity index (χ2n) is 8.88. The van der Waals surface area contributed by atoms with Gasteiger partial charge in [-0.2, -0.15) is 0 Å². The number of nitrogens with zero attached hydrogens (tertiary/aromatic N) is 2. The summed E-state index contributed by atoms with van der Waals surface area (Å²) in [5.74, 6) is -0.178. The molecule has 0 fully saturated rings. The van der Waals surface area contributed by atoms with Crippen LogP contribution in [0.15, 0.2) is 12.4 Å². The normalized spacial score (nSPS) is 16.1. The molecule has 2 aromatic rings. The molecule has 0 saturated heterocycles. The number of rotatable bonds is 4. The predicted octanol–water partition coefficient (Wildman–Crippen LogP) is 2.40. The lowest BCUT2D eigenvalue weighted by molar-refractivity contribution is 0.0909. The summed E-state index contributed by atoms with van der Waals surface area (Å²) in [5.41, 5.74) is 9.39. The van der Waals surface area contributed by atoms with Crippen LogP contribution in [0.3, 0.4) is 0 Å². The van der Waals surface area contributed by atoms with Crippen molar-refractivity contribution in [2.24, 2.45) is 11.1 Å². The van der Waals surface area contributed by atoms with Gasteiger partial charge in [0.1, 0.15) is 11.4 Å². The van der Waals surface area contributed by atoms with Crippen LogP contribution in [-0.2, 0) is 6.42 Å². The maximum absolute atomic E-state index is 12.6. The molecular formula is C20H27N5O2. The van der Waals surface area contributed by atoms with Crippen LogP contribution in [0.4, 0.5) is 0 Å². The van der Waals surface area contributed by atoms with Gasteiger partial charge in [0.25, 0.3) is 5.91 Å². The number of Topliss-reactive ketones (excluding diaryl/α,β-unsaturated/α-hetero) is 1. The SMILES string of the molecule is Cc1c(-c2cncc(C(=O)NCC(C)(C)N)n2)[nH]c2c1C(=O)CC(C)(C)C2. The van der Waals surface area contributed by atoms with Crippen molar-refractivity contribution in [1.29, 1.82) is 0 Å². The first kappa shape index (κ1) is 19.2. The van der Waals surface area contributed by atoms with Crippen LogP contribution in [0.5, 0.6) is 0 Å². The van der Waals surface area contributed by atoms with Crippen molar-refractivity contribution in [3.63, 3.8) is 0 Å². The molecule has 1 aliphatic carbocycles. The summed E-state index contributed by atoms with van der Waals surface area (Å²) in [6.07, 6.45) is 4.35. The highest BCUT2D eigenvalue weighted by Crippen LogP contribution is 2.38. The molecular weight excluding hydrogens is 342 g/mol. The molecule has 0 spiro atoms. The Balaban J connectivity index is 1.93. The Hall–Kier alpha value is -2.54. The summed E-state index contributed by atoms with van der Waals surface area (Å²) in [4.78, 5) is 36.9. The summed E-state index contributed by atoms with van der Waals surface area (Å²) in [6.45, 7) is 10.1. The van der Waals surface area contributed by atoms with Crippen LogP contribution in [0.2, 0.25) is 0 Å². The molecule has 7 nitrogen and oxygen atoms in total. The van der Waals surface area contributed by atoms with Gasteiger partial charge in [-0.05, 0) is 38.2 Å². The zero-order valence-corrected chi connectivity index (χ0v) is 16.6. The van der Waals surface area contributed by atoms with Crippen LogP contribution in [0.25, 0.3) is 11.4 Å². The lowest BCUT2D eigenvalue weighted by Gasteiger charge is -2.28. The van der Waals surface area contributed by atoms with Crippen LogP contribution >= 0.6 is 0 Å². The minimum Gasteiger partial charge on any atom is -0.356 e. The van der Waals surface area contributed by atoms with Crippen molar-refractivity contribution >= 4 is 11.7 Å².